The molecule has 0 unspecified atom stereocenters. The van der Waals surface area contributed by atoms with E-state index in [1.807, 2.05) is 0 Å². The van der Waals surface area contributed by atoms with Crippen LogP contribution in [0.1, 0.15) is 28.4 Å². The zero-order valence-electron chi connectivity index (χ0n) is 14.0. The van der Waals surface area contributed by atoms with Crippen LogP contribution in [0.2, 0.25) is 0 Å². The molecule has 0 fully saturated rings. The van der Waals surface area contributed by atoms with Gasteiger partial charge in [-0.1, -0.05) is 6.92 Å². The van der Waals surface area contributed by atoms with E-state index in [2.05, 4.69) is 10.9 Å². The predicted octanol–water partition coefficient (Wildman–Crippen LogP) is 3.13. The van der Waals surface area contributed by atoms with Gasteiger partial charge < -0.3 is 0 Å². The average Bonchev–Trinajstić information content (AvgIpc) is 2.65. The second-order valence-corrected chi connectivity index (χ2v) is 7.66. The fraction of sp³-hybridized carbons (Fsp3) is 0.176. The van der Waals surface area contributed by atoms with Crippen LogP contribution in [0.3, 0.4) is 0 Å². The molecule has 142 valence electrons. The fourth-order valence-electron chi connectivity index (χ4n) is 2.13. The molecule has 27 heavy (non-hydrogen) atoms. The third kappa shape index (κ3) is 4.77. The highest BCUT2D eigenvalue weighted by molar-refractivity contribution is 7.91. The molecule has 0 bridgehead atoms. The van der Waals surface area contributed by atoms with Gasteiger partial charge in [0.15, 0.2) is 9.84 Å². The number of carbonyl (C=O) groups is 1. The number of hydrazine groups is 1. The zero-order chi connectivity index (χ0) is 20.2. The van der Waals surface area contributed by atoms with Gasteiger partial charge in [-0.15, -0.1) is 0 Å². The van der Waals surface area contributed by atoms with Crippen molar-refractivity contribution in [3.05, 3.63) is 59.2 Å². The molecule has 2 N–H and O–H groups in total. The molecule has 0 spiro atoms. The van der Waals surface area contributed by atoms with Crippen LogP contribution in [0.15, 0.2) is 47.4 Å². The first-order valence-electron chi connectivity index (χ1n) is 7.59. The Labute approximate surface area is 153 Å². The molecule has 6 nitrogen and oxygen atoms in total. The third-order valence-corrected chi connectivity index (χ3v) is 5.37. The molecular formula is C17H14F3N3O3S. The molecule has 0 aliphatic carbocycles. The lowest BCUT2D eigenvalue weighted by atomic mass is 10.1. The van der Waals surface area contributed by atoms with E-state index in [-0.39, 0.29) is 21.8 Å². The predicted molar refractivity (Wildman–Crippen MR) is 91.4 cm³/mol. The number of anilines is 1. The van der Waals surface area contributed by atoms with E-state index in [4.69, 9.17) is 5.26 Å². The van der Waals surface area contributed by atoms with Crippen molar-refractivity contribution in [3.8, 4) is 6.07 Å². The Bertz CT molecular complexity index is 995. The lowest BCUT2D eigenvalue weighted by molar-refractivity contribution is -0.137. The number of benzene rings is 2. The second kappa shape index (κ2) is 7.67. The summed E-state index contributed by atoms with van der Waals surface area (Å²) in [7, 11) is -3.42. The van der Waals surface area contributed by atoms with Crippen LogP contribution >= 0.6 is 0 Å². The van der Waals surface area contributed by atoms with Crippen molar-refractivity contribution in [3.63, 3.8) is 0 Å². The number of sulfone groups is 1. The normalized spacial score (nSPS) is 11.5. The summed E-state index contributed by atoms with van der Waals surface area (Å²) in [4.78, 5) is 12.1. The number of rotatable bonds is 5. The van der Waals surface area contributed by atoms with Crippen molar-refractivity contribution in [2.45, 2.75) is 18.0 Å². The smallest absolute Gasteiger partial charge is 0.298 e. The lowest BCUT2D eigenvalue weighted by Gasteiger charge is -2.15. The SMILES string of the molecule is CCS(=O)(=O)c1ccc(C(=O)NNc2ccc(C#N)cc2C(F)(F)F)cc1. The van der Waals surface area contributed by atoms with Crippen molar-refractivity contribution in [1.29, 1.82) is 5.26 Å². The van der Waals surface area contributed by atoms with Crippen molar-refractivity contribution >= 4 is 21.4 Å². The Kier molecular flexibility index (Phi) is 5.75. The maximum absolute atomic E-state index is 13.1. The van der Waals surface area contributed by atoms with Gasteiger partial charge in [-0.3, -0.25) is 15.6 Å². The van der Waals surface area contributed by atoms with Gasteiger partial charge in [-0.2, -0.15) is 18.4 Å². The van der Waals surface area contributed by atoms with Gasteiger partial charge in [-0.05, 0) is 42.5 Å². The maximum atomic E-state index is 13.1. The summed E-state index contributed by atoms with van der Waals surface area (Å²) in [6.45, 7) is 1.48. The lowest BCUT2D eigenvalue weighted by Crippen LogP contribution is -2.30. The maximum Gasteiger partial charge on any atom is 0.418 e. The van der Waals surface area contributed by atoms with Crippen LogP contribution in [0.4, 0.5) is 18.9 Å². The number of halogens is 3. The highest BCUT2D eigenvalue weighted by Crippen LogP contribution is 2.35. The highest BCUT2D eigenvalue weighted by Gasteiger charge is 2.34. The molecule has 0 aliphatic rings. The molecule has 2 aromatic carbocycles. The number of nitrogens with one attached hydrogen (secondary N) is 2. The van der Waals surface area contributed by atoms with E-state index < -0.39 is 33.2 Å². The number of carbonyl (C=O) groups excluding carboxylic acids is 1. The second-order valence-electron chi connectivity index (χ2n) is 5.38. The fourth-order valence-corrected chi connectivity index (χ4v) is 3.02. The van der Waals surface area contributed by atoms with E-state index in [0.29, 0.717) is 6.07 Å². The van der Waals surface area contributed by atoms with Gasteiger partial charge in [0.2, 0.25) is 0 Å². The largest absolute Gasteiger partial charge is 0.418 e. The first-order valence-corrected chi connectivity index (χ1v) is 9.24. The van der Waals surface area contributed by atoms with Gasteiger partial charge in [0, 0.05) is 5.56 Å². The third-order valence-electron chi connectivity index (χ3n) is 3.62. The van der Waals surface area contributed by atoms with Gasteiger partial charge in [0.1, 0.15) is 0 Å². The van der Waals surface area contributed by atoms with Gasteiger partial charge in [-0.25, -0.2) is 8.42 Å². The molecule has 0 saturated heterocycles. The Morgan fingerprint density at radius 1 is 1.15 bits per heavy atom. The molecule has 0 aliphatic heterocycles. The Morgan fingerprint density at radius 2 is 1.78 bits per heavy atom. The molecule has 2 aromatic rings. The van der Waals surface area contributed by atoms with Crippen LogP contribution in [0, 0.1) is 11.3 Å². The molecule has 0 aromatic heterocycles. The molecule has 2 rings (SSSR count). The molecule has 0 atom stereocenters. The number of hydrogen-bond donors (Lipinski definition) is 2. The van der Waals surface area contributed by atoms with Gasteiger partial charge in [0.05, 0.1) is 33.5 Å². The minimum absolute atomic E-state index is 0.0426. The molecule has 0 heterocycles. The summed E-state index contributed by atoms with van der Waals surface area (Å²) in [5.74, 6) is -0.855. The Balaban J connectivity index is 2.18. The van der Waals surface area contributed by atoms with E-state index in [9.17, 15) is 26.4 Å². The Morgan fingerprint density at radius 3 is 2.30 bits per heavy atom. The summed E-state index contributed by atoms with van der Waals surface area (Å²) >= 11 is 0. The molecule has 10 heteroatoms. The minimum Gasteiger partial charge on any atom is -0.298 e. The summed E-state index contributed by atoms with van der Waals surface area (Å²) in [5.41, 5.74) is 2.64. The first kappa shape index (κ1) is 20.3. The van der Waals surface area contributed by atoms with Crippen LogP contribution in [0.25, 0.3) is 0 Å². The van der Waals surface area contributed by atoms with Crippen molar-refractivity contribution in [1.82, 2.24) is 5.43 Å². The summed E-state index contributed by atoms with van der Waals surface area (Å²) < 4.78 is 62.7. The molecular weight excluding hydrogens is 383 g/mol. The first-order chi connectivity index (χ1) is 12.6. The molecule has 1 amide bonds. The van der Waals surface area contributed by atoms with E-state index >= 15 is 0 Å². The topological polar surface area (TPSA) is 99.1 Å². The number of alkyl halides is 3. The monoisotopic (exact) mass is 397 g/mol. The van der Waals surface area contributed by atoms with Crippen molar-refractivity contribution in [2.24, 2.45) is 0 Å². The molecule has 0 radical (unpaired) electrons. The standard InChI is InChI=1S/C17H14F3N3O3S/c1-2-27(25,26)13-6-4-12(5-7-13)16(24)23-22-15-8-3-11(10-21)9-14(15)17(18,19)20/h3-9,22H,2H2,1H3,(H,23,24). The number of nitriles is 1. The van der Waals surface area contributed by atoms with Crippen LogP contribution in [-0.4, -0.2) is 20.1 Å². The van der Waals surface area contributed by atoms with Crippen LogP contribution in [0.5, 0.6) is 0 Å². The average molecular weight is 397 g/mol. The van der Waals surface area contributed by atoms with E-state index in [0.717, 1.165) is 6.07 Å². The van der Waals surface area contributed by atoms with Crippen LogP contribution in [-0.2, 0) is 16.0 Å². The zero-order valence-corrected chi connectivity index (χ0v) is 14.8. The van der Waals surface area contributed by atoms with Gasteiger partial charge >= 0.3 is 6.18 Å². The van der Waals surface area contributed by atoms with E-state index in [1.54, 1.807) is 6.07 Å². The van der Waals surface area contributed by atoms with Crippen LogP contribution < -0.4 is 10.9 Å². The Hall–Kier alpha value is -3.06. The van der Waals surface area contributed by atoms with Gasteiger partial charge in [0.25, 0.3) is 5.91 Å². The summed E-state index contributed by atoms with van der Waals surface area (Å²) in [6, 6.07) is 9.48. The minimum atomic E-state index is -4.73. The quantitative estimate of drug-likeness (QED) is 0.756. The number of nitrogens with zero attached hydrogens (tertiary/aromatic N) is 1. The summed E-state index contributed by atoms with van der Waals surface area (Å²) in [5, 5.41) is 8.73. The van der Waals surface area contributed by atoms with Crippen molar-refractivity contribution < 1.29 is 26.4 Å². The highest BCUT2D eigenvalue weighted by atomic mass is 32.2. The van der Waals surface area contributed by atoms with E-state index in [1.165, 1.54) is 37.3 Å². The summed E-state index contributed by atoms with van der Waals surface area (Å²) in [6.07, 6.45) is -4.73. The number of amides is 1. The van der Waals surface area contributed by atoms with Crippen molar-refractivity contribution in [2.75, 3.05) is 11.2 Å². The molecule has 0 saturated carbocycles. The number of hydrogen-bond acceptors (Lipinski definition) is 5.